The predicted octanol–water partition coefficient (Wildman–Crippen LogP) is 6.26. The topological polar surface area (TPSA) is 67.3 Å². The fourth-order valence-electron chi connectivity index (χ4n) is 5.16. The van der Waals surface area contributed by atoms with E-state index in [0.29, 0.717) is 18.2 Å². The molecule has 0 spiro atoms. The number of fused-ring (bicyclic) bond motifs is 2. The summed E-state index contributed by atoms with van der Waals surface area (Å²) in [5, 5.41) is 4.42. The van der Waals surface area contributed by atoms with Crippen molar-refractivity contribution in [1.29, 1.82) is 0 Å². The van der Waals surface area contributed by atoms with Crippen LogP contribution in [0.2, 0.25) is 0 Å². The third-order valence-electron chi connectivity index (χ3n) is 6.81. The van der Waals surface area contributed by atoms with Crippen molar-refractivity contribution in [2.75, 3.05) is 23.4 Å². The van der Waals surface area contributed by atoms with Crippen molar-refractivity contribution < 1.29 is 9.53 Å². The molecule has 0 unspecified atom stereocenters. The number of carbonyl (C=O) groups excluding carboxylic acids is 1. The first kappa shape index (κ1) is 22.1. The van der Waals surface area contributed by atoms with E-state index in [0.717, 1.165) is 71.9 Å². The summed E-state index contributed by atoms with van der Waals surface area (Å²) in [4.78, 5) is 26.8. The molecular formula is C26H32N4O2S. The van der Waals surface area contributed by atoms with E-state index in [1.165, 1.54) is 24.1 Å². The number of hydrogen-bond acceptors (Lipinski definition) is 7. The fourth-order valence-corrected chi connectivity index (χ4v) is 6.44. The number of carbonyl (C=O) groups is 1. The largest absolute Gasteiger partial charge is 0.462 e. The maximum atomic E-state index is 13.0. The molecule has 1 fully saturated rings. The molecule has 174 valence electrons. The van der Waals surface area contributed by atoms with Crippen LogP contribution in [0.3, 0.4) is 0 Å². The lowest BCUT2D eigenvalue weighted by Gasteiger charge is -2.37. The Morgan fingerprint density at radius 2 is 1.91 bits per heavy atom. The number of para-hydroxylation sites is 2. The zero-order chi connectivity index (χ0) is 22.8. The number of piperidine rings is 1. The lowest BCUT2D eigenvalue weighted by atomic mass is 9.95. The first-order valence-electron chi connectivity index (χ1n) is 12.3. The van der Waals surface area contributed by atoms with Crippen molar-refractivity contribution in [3.8, 4) is 0 Å². The second kappa shape index (κ2) is 9.67. The maximum absolute atomic E-state index is 13.0. The van der Waals surface area contributed by atoms with Crippen molar-refractivity contribution in [3.05, 3.63) is 40.3 Å². The van der Waals surface area contributed by atoms with Gasteiger partial charge < -0.3 is 15.0 Å². The van der Waals surface area contributed by atoms with Crippen molar-refractivity contribution in [1.82, 2.24) is 9.97 Å². The molecule has 0 radical (unpaired) electrons. The molecule has 7 heteroatoms. The SMILES string of the molecule is CCOC(=O)c1c(Nc2nc3ccccc3nc2N2CCCC[C@H]2CC)sc2c1CCCC2. The highest BCUT2D eigenvalue weighted by atomic mass is 32.1. The van der Waals surface area contributed by atoms with Gasteiger partial charge in [0, 0.05) is 17.5 Å². The molecule has 1 aromatic carbocycles. The molecule has 1 saturated heterocycles. The number of thiophene rings is 1. The summed E-state index contributed by atoms with van der Waals surface area (Å²) >= 11 is 1.68. The third-order valence-corrected chi connectivity index (χ3v) is 8.01. The average Bonchev–Trinajstić information content (AvgIpc) is 3.21. The van der Waals surface area contributed by atoms with E-state index in [1.54, 1.807) is 11.3 Å². The van der Waals surface area contributed by atoms with Crippen LogP contribution in [0.25, 0.3) is 11.0 Å². The summed E-state index contributed by atoms with van der Waals surface area (Å²) in [5.74, 6) is 1.39. The van der Waals surface area contributed by atoms with Crippen molar-refractivity contribution in [3.63, 3.8) is 0 Å². The van der Waals surface area contributed by atoms with Crippen LogP contribution in [-0.4, -0.2) is 35.1 Å². The highest BCUT2D eigenvalue weighted by Gasteiger charge is 2.29. The molecule has 33 heavy (non-hydrogen) atoms. The Kier molecular flexibility index (Phi) is 6.49. The minimum atomic E-state index is -0.237. The van der Waals surface area contributed by atoms with Crippen LogP contribution < -0.4 is 10.2 Å². The van der Waals surface area contributed by atoms with E-state index in [2.05, 4.69) is 17.1 Å². The van der Waals surface area contributed by atoms with E-state index in [-0.39, 0.29) is 5.97 Å². The number of anilines is 3. The average molecular weight is 465 g/mol. The smallest absolute Gasteiger partial charge is 0.341 e. The molecule has 0 saturated carbocycles. The Bertz CT molecular complexity index is 1160. The van der Waals surface area contributed by atoms with Crippen LogP contribution in [0.15, 0.2) is 24.3 Å². The lowest BCUT2D eigenvalue weighted by molar-refractivity contribution is 0.0526. The molecule has 2 aliphatic rings. The van der Waals surface area contributed by atoms with Crippen LogP contribution in [-0.2, 0) is 17.6 Å². The summed E-state index contributed by atoms with van der Waals surface area (Å²) in [5.41, 5.74) is 3.61. The molecule has 1 atom stereocenters. The maximum Gasteiger partial charge on any atom is 0.341 e. The van der Waals surface area contributed by atoms with E-state index in [9.17, 15) is 4.79 Å². The predicted molar refractivity (Wildman–Crippen MR) is 135 cm³/mol. The van der Waals surface area contributed by atoms with Gasteiger partial charge in [-0.05, 0) is 76.0 Å². The Morgan fingerprint density at radius 3 is 2.70 bits per heavy atom. The van der Waals surface area contributed by atoms with E-state index in [4.69, 9.17) is 14.7 Å². The summed E-state index contributed by atoms with van der Waals surface area (Å²) in [6, 6.07) is 8.47. The summed E-state index contributed by atoms with van der Waals surface area (Å²) in [7, 11) is 0. The molecule has 2 aromatic heterocycles. The van der Waals surface area contributed by atoms with Gasteiger partial charge in [-0.1, -0.05) is 19.1 Å². The molecule has 3 heterocycles. The highest BCUT2D eigenvalue weighted by Crippen LogP contribution is 2.41. The van der Waals surface area contributed by atoms with Gasteiger partial charge in [-0.15, -0.1) is 11.3 Å². The number of rotatable bonds is 6. The van der Waals surface area contributed by atoms with Crippen LogP contribution in [0, 0.1) is 0 Å². The molecule has 3 aromatic rings. The summed E-state index contributed by atoms with van der Waals surface area (Å²) in [6.07, 6.45) is 8.90. The number of hydrogen-bond donors (Lipinski definition) is 1. The van der Waals surface area contributed by atoms with Gasteiger partial charge in [0.25, 0.3) is 0 Å². The first-order valence-corrected chi connectivity index (χ1v) is 13.1. The van der Waals surface area contributed by atoms with Crippen LogP contribution in [0.5, 0.6) is 0 Å². The van der Waals surface area contributed by atoms with Crippen LogP contribution >= 0.6 is 11.3 Å². The number of benzene rings is 1. The summed E-state index contributed by atoms with van der Waals surface area (Å²) < 4.78 is 5.46. The molecule has 0 amide bonds. The Morgan fingerprint density at radius 1 is 1.12 bits per heavy atom. The van der Waals surface area contributed by atoms with Gasteiger partial charge in [-0.25, -0.2) is 14.8 Å². The second-order valence-corrected chi connectivity index (χ2v) is 10.0. The Hall–Kier alpha value is -2.67. The normalized spacial score (nSPS) is 18.2. The van der Waals surface area contributed by atoms with Crippen LogP contribution in [0.4, 0.5) is 16.6 Å². The number of aromatic nitrogens is 2. The lowest BCUT2D eigenvalue weighted by Crippen LogP contribution is -2.40. The third kappa shape index (κ3) is 4.31. The first-order chi connectivity index (χ1) is 16.2. The second-order valence-electron chi connectivity index (χ2n) is 8.90. The van der Waals surface area contributed by atoms with E-state index in [1.807, 2.05) is 31.2 Å². The van der Waals surface area contributed by atoms with Gasteiger partial charge in [-0.3, -0.25) is 0 Å². The van der Waals surface area contributed by atoms with Gasteiger partial charge >= 0.3 is 5.97 Å². The number of nitrogens with zero attached hydrogens (tertiary/aromatic N) is 3. The number of esters is 1. The molecule has 1 aliphatic heterocycles. The minimum absolute atomic E-state index is 0.237. The molecule has 1 aliphatic carbocycles. The molecular weight excluding hydrogens is 432 g/mol. The zero-order valence-electron chi connectivity index (χ0n) is 19.5. The van der Waals surface area contributed by atoms with Gasteiger partial charge in [0.15, 0.2) is 11.6 Å². The number of ether oxygens (including phenoxy) is 1. The van der Waals surface area contributed by atoms with Crippen molar-refractivity contribution in [2.45, 2.75) is 71.3 Å². The Labute approximate surface area is 199 Å². The van der Waals surface area contributed by atoms with E-state index >= 15 is 0 Å². The van der Waals surface area contributed by atoms with Crippen molar-refractivity contribution in [2.24, 2.45) is 0 Å². The van der Waals surface area contributed by atoms with Crippen molar-refractivity contribution >= 4 is 45.0 Å². The molecule has 1 N–H and O–H groups in total. The van der Waals surface area contributed by atoms with Gasteiger partial charge in [-0.2, -0.15) is 0 Å². The summed E-state index contributed by atoms with van der Waals surface area (Å²) in [6.45, 7) is 5.45. The molecule has 0 bridgehead atoms. The quantitative estimate of drug-likeness (QED) is 0.434. The fraction of sp³-hybridized carbons (Fsp3) is 0.500. The van der Waals surface area contributed by atoms with Gasteiger partial charge in [0.2, 0.25) is 0 Å². The monoisotopic (exact) mass is 464 g/mol. The number of nitrogens with one attached hydrogen (secondary N) is 1. The zero-order valence-corrected chi connectivity index (χ0v) is 20.3. The standard InChI is InChI=1S/C26H32N4O2S/c1-3-17-11-9-10-16-30(17)24-23(27-19-13-6-7-14-20(19)28-24)29-25-22(26(31)32-4-2)18-12-5-8-15-21(18)33-25/h6-7,13-14,17H,3-5,8-12,15-16H2,1-2H3,(H,27,29)/t17-/m1/s1. The molecule has 6 nitrogen and oxygen atoms in total. The van der Waals surface area contributed by atoms with Gasteiger partial charge in [0.1, 0.15) is 5.00 Å². The minimum Gasteiger partial charge on any atom is -0.462 e. The molecule has 5 rings (SSSR count). The highest BCUT2D eigenvalue weighted by molar-refractivity contribution is 7.16. The number of aryl methyl sites for hydroxylation is 1. The Balaban J connectivity index is 1.62. The van der Waals surface area contributed by atoms with Gasteiger partial charge in [0.05, 0.1) is 23.2 Å². The van der Waals surface area contributed by atoms with Crippen LogP contribution in [0.1, 0.15) is 73.2 Å². The van der Waals surface area contributed by atoms with E-state index < -0.39 is 0 Å².